The van der Waals surface area contributed by atoms with Crippen LogP contribution in [0.4, 0.5) is 15.3 Å². The van der Waals surface area contributed by atoms with E-state index in [-0.39, 0.29) is 42.0 Å². The minimum absolute atomic E-state index is 0.121. The summed E-state index contributed by atoms with van der Waals surface area (Å²) in [6.07, 6.45) is 2.63. The van der Waals surface area contributed by atoms with Crippen molar-refractivity contribution in [1.29, 1.82) is 0 Å². The van der Waals surface area contributed by atoms with Crippen LogP contribution >= 0.6 is 0 Å². The molecule has 0 bridgehead atoms. The Hall–Kier alpha value is -6.32. The predicted molar refractivity (Wildman–Crippen MR) is 220 cm³/mol. The molecule has 16 nitrogen and oxygen atoms in total. The summed E-state index contributed by atoms with van der Waals surface area (Å²) in [5.74, 6) is -0.457. The molecule has 312 valence electrons. The summed E-state index contributed by atoms with van der Waals surface area (Å²) in [5.41, 5.74) is 4.62. The van der Waals surface area contributed by atoms with Gasteiger partial charge in [-0.25, -0.2) is 9.59 Å². The number of aromatic amines is 1. The SMILES string of the molecule is Cc1ccc(C(=O)NC2CCN(C(=O)O)CC2)cc1-c1cccc(C[C@H](NC(=O)C2CCC(CNC(=O)OC(C)(C)C)CC2)C(=O)Nc2ccc(-c3nn[nH]n3)cc2)c1. The van der Waals surface area contributed by atoms with Gasteiger partial charge in [0.25, 0.3) is 5.91 Å². The quantitative estimate of drug-likeness (QED) is 0.102. The molecule has 5 amide bonds. The molecular formula is C43H53N9O7. The van der Waals surface area contributed by atoms with Crippen LogP contribution in [0.3, 0.4) is 0 Å². The van der Waals surface area contributed by atoms with Gasteiger partial charge < -0.3 is 36.0 Å². The fourth-order valence-electron chi connectivity index (χ4n) is 7.55. The first-order chi connectivity index (χ1) is 28.2. The number of benzene rings is 3. The molecule has 1 aliphatic carbocycles. The van der Waals surface area contributed by atoms with Crippen LogP contribution in [-0.4, -0.2) is 97.9 Å². The van der Waals surface area contributed by atoms with Crippen LogP contribution in [0, 0.1) is 18.8 Å². The summed E-state index contributed by atoms with van der Waals surface area (Å²) >= 11 is 0. The summed E-state index contributed by atoms with van der Waals surface area (Å²) in [6.45, 7) is 8.62. The number of carboxylic acid groups (broad SMARTS) is 1. The molecule has 59 heavy (non-hydrogen) atoms. The number of carbonyl (C=O) groups excluding carboxylic acids is 4. The minimum atomic E-state index is -0.952. The molecule has 2 heterocycles. The number of alkyl carbamates (subject to hydrolysis) is 1. The average molecular weight is 808 g/mol. The van der Waals surface area contributed by atoms with Crippen LogP contribution in [0.25, 0.3) is 22.5 Å². The maximum Gasteiger partial charge on any atom is 0.407 e. The van der Waals surface area contributed by atoms with Crippen LogP contribution in [0.15, 0.2) is 66.7 Å². The van der Waals surface area contributed by atoms with E-state index < -0.39 is 23.8 Å². The Morgan fingerprint density at radius 3 is 2.31 bits per heavy atom. The van der Waals surface area contributed by atoms with Crippen LogP contribution in [0.1, 0.15) is 80.8 Å². The van der Waals surface area contributed by atoms with Crippen molar-refractivity contribution in [3.63, 3.8) is 0 Å². The van der Waals surface area contributed by atoms with Crippen molar-refractivity contribution >= 4 is 35.6 Å². The van der Waals surface area contributed by atoms with E-state index in [1.54, 1.807) is 30.3 Å². The smallest absolute Gasteiger partial charge is 0.407 e. The number of hydrogen-bond acceptors (Lipinski definition) is 9. The van der Waals surface area contributed by atoms with Crippen molar-refractivity contribution in [3.8, 4) is 22.5 Å². The van der Waals surface area contributed by atoms with Gasteiger partial charge in [0.05, 0.1) is 0 Å². The Bertz CT molecular complexity index is 2100. The molecule has 4 aromatic rings. The first kappa shape index (κ1) is 42.3. The molecule has 6 N–H and O–H groups in total. The number of carbonyl (C=O) groups is 5. The number of anilines is 1. The molecule has 16 heteroatoms. The van der Waals surface area contributed by atoms with E-state index in [9.17, 15) is 29.1 Å². The zero-order chi connectivity index (χ0) is 42.1. The van der Waals surface area contributed by atoms with E-state index in [0.717, 1.165) is 35.1 Å². The van der Waals surface area contributed by atoms with Gasteiger partial charge >= 0.3 is 12.2 Å². The highest BCUT2D eigenvalue weighted by Gasteiger charge is 2.31. The number of amides is 5. The van der Waals surface area contributed by atoms with Crippen LogP contribution in [-0.2, 0) is 20.7 Å². The van der Waals surface area contributed by atoms with Crippen molar-refractivity contribution < 1.29 is 33.8 Å². The highest BCUT2D eigenvalue weighted by atomic mass is 16.6. The molecule has 3 aromatic carbocycles. The molecule has 6 rings (SSSR count). The number of likely N-dealkylation sites (tertiary alicyclic amines) is 1. The summed E-state index contributed by atoms with van der Waals surface area (Å²) in [4.78, 5) is 66.0. The normalized spacial score (nSPS) is 17.7. The van der Waals surface area contributed by atoms with Crippen molar-refractivity contribution in [2.24, 2.45) is 11.8 Å². The molecular weight excluding hydrogens is 755 g/mol. The summed E-state index contributed by atoms with van der Waals surface area (Å²) < 4.78 is 5.36. The maximum absolute atomic E-state index is 14.0. The number of piperidine rings is 1. The Morgan fingerprint density at radius 1 is 0.915 bits per heavy atom. The highest BCUT2D eigenvalue weighted by Crippen LogP contribution is 2.30. The van der Waals surface area contributed by atoms with E-state index in [0.29, 0.717) is 68.0 Å². The topological polar surface area (TPSA) is 221 Å². The molecule has 1 aromatic heterocycles. The number of nitrogens with zero attached hydrogens (tertiary/aromatic N) is 4. The lowest BCUT2D eigenvalue weighted by Gasteiger charge is -2.30. The molecule has 1 saturated heterocycles. The Balaban J connectivity index is 1.14. The second-order valence-electron chi connectivity index (χ2n) is 16.4. The number of nitrogens with one attached hydrogen (secondary N) is 5. The third-order valence-electron chi connectivity index (χ3n) is 10.8. The molecule has 1 saturated carbocycles. The Labute approximate surface area is 343 Å². The first-order valence-corrected chi connectivity index (χ1v) is 20.1. The van der Waals surface area contributed by atoms with E-state index in [1.165, 1.54) is 4.90 Å². The van der Waals surface area contributed by atoms with Crippen LogP contribution in [0.5, 0.6) is 0 Å². The standard InChI is InChI=1S/C43H53N9O7/c1-26-8-11-32(39(54)45-34-18-20-52(21-19-34)42(57)58)24-35(26)31-7-5-6-28(22-31)23-36(40(55)46-33-16-14-29(15-17-33)37-48-50-51-49-37)47-38(53)30-12-9-27(10-13-30)25-44-41(56)59-43(2,3)4/h5-8,11,14-17,22,24,27,30,34,36H,9-10,12-13,18-21,23,25H2,1-4H3,(H,44,56)(H,45,54)(H,46,55)(H,47,53)(H,57,58)(H,48,49,50,51)/t27?,30?,36-/m0/s1. The first-order valence-electron chi connectivity index (χ1n) is 20.1. The highest BCUT2D eigenvalue weighted by molar-refractivity contribution is 5.98. The van der Waals surface area contributed by atoms with Gasteiger partial charge in [-0.15, -0.1) is 10.2 Å². The maximum atomic E-state index is 14.0. The van der Waals surface area contributed by atoms with Gasteiger partial charge in [-0.3, -0.25) is 14.4 Å². The molecule has 1 aliphatic heterocycles. The van der Waals surface area contributed by atoms with Gasteiger partial charge in [0, 0.05) is 54.8 Å². The monoisotopic (exact) mass is 807 g/mol. The second-order valence-corrected chi connectivity index (χ2v) is 16.4. The van der Waals surface area contributed by atoms with Crippen LogP contribution in [0.2, 0.25) is 0 Å². The van der Waals surface area contributed by atoms with Crippen molar-refractivity contribution in [3.05, 3.63) is 83.4 Å². The van der Waals surface area contributed by atoms with Gasteiger partial charge in [0.15, 0.2) is 0 Å². The number of ether oxygens (including phenoxy) is 1. The predicted octanol–water partition coefficient (Wildman–Crippen LogP) is 5.71. The molecule has 2 aliphatic rings. The molecule has 1 atom stereocenters. The van der Waals surface area contributed by atoms with Crippen molar-refractivity contribution in [2.45, 2.75) is 90.3 Å². The van der Waals surface area contributed by atoms with Crippen molar-refractivity contribution in [1.82, 2.24) is 41.5 Å². The fraction of sp³-hybridized carbons (Fsp3) is 0.442. The lowest BCUT2D eigenvalue weighted by molar-refractivity contribution is -0.130. The number of aromatic nitrogens is 4. The van der Waals surface area contributed by atoms with Gasteiger partial charge in [-0.1, -0.05) is 30.3 Å². The van der Waals surface area contributed by atoms with Gasteiger partial charge in [-0.05, 0) is 136 Å². The lowest BCUT2D eigenvalue weighted by atomic mass is 9.81. The zero-order valence-electron chi connectivity index (χ0n) is 33.9. The van der Waals surface area contributed by atoms with Crippen molar-refractivity contribution in [2.75, 3.05) is 25.0 Å². The van der Waals surface area contributed by atoms with Crippen LogP contribution < -0.4 is 21.3 Å². The zero-order valence-corrected chi connectivity index (χ0v) is 33.9. The molecule has 0 spiro atoms. The van der Waals surface area contributed by atoms with E-state index in [1.807, 2.05) is 64.1 Å². The van der Waals surface area contributed by atoms with E-state index in [4.69, 9.17) is 4.74 Å². The largest absolute Gasteiger partial charge is 0.465 e. The molecule has 0 radical (unpaired) electrons. The lowest BCUT2D eigenvalue weighted by Crippen LogP contribution is -2.48. The summed E-state index contributed by atoms with van der Waals surface area (Å²) in [5, 5.41) is 35.2. The average Bonchev–Trinajstić information content (AvgIpc) is 3.75. The van der Waals surface area contributed by atoms with Gasteiger partial charge in [0.1, 0.15) is 11.6 Å². The number of tetrazole rings is 1. The number of H-pyrrole nitrogens is 1. The Kier molecular flexibility index (Phi) is 13.6. The third-order valence-corrected chi connectivity index (χ3v) is 10.8. The Morgan fingerprint density at radius 2 is 1.64 bits per heavy atom. The van der Waals surface area contributed by atoms with Gasteiger partial charge in [0.2, 0.25) is 17.6 Å². The van der Waals surface area contributed by atoms with E-state index in [2.05, 4.69) is 41.9 Å². The number of rotatable bonds is 12. The molecule has 2 fully saturated rings. The number of aryl methyl sites for hydroxylation is 1. The summed E-state index contributed by atoms with van der Waals surface area (Å²) in [6, 6.07) is 19.2. The number of hydrogen-bond donors (Lipinski definition) is 6. The molecule has 0 unspecified atom stereocenters. The minimum Gasteiger partial charge on any atom is -0.465 e. The fourth-order valence-corrected chi connectivity index (χ4v) is 7.55. The van der Waals surface area contributed by atoms with Gasteiger partial charge in [-0.2, -0.15) is 5.21 Å². The second kappa shape index (κ2) is 19.0. The third kappa shape index (κ3) is 11.9. The van der Waals surface area contributed by atoms with E-state index >= 15 is 0 Å². The summed E-state index contributed by atoms with van der Waals surface area (Å²) in [7, 11) is 0.